The second-order valence-electron chi connectivity index (χ2n) is 14.5. The highest BCUT2D eigenvalue weighted by Crippen LogP contribution is 2.44. The van der Waals surface area contributed by atoms with E-state index in [9.17, 15) is 24.0 Å². The van der Waals surface area contributed by atoms with Crippen LogP contribution in [-0.2, 0) is 30.4 Å². The first-order valence-electron chi connectivity index (χ1n) is 19.6. The van der Waals surface area contributed by atoms with Crippen LogP contribution in [0.2, 0.25) is 0 Å². The van der Waals surface area contributed by atoms with Gasteiger partial charge in [0.1, 0.15) is 18.4 Å². The van der Waals surface area contributed by atoms with Crippen LogP contribution in [0.1, 0.15) is 52.7 Å². The molecule has 0 saturated carbocycles. The molecule has 3 N–H and O–H groups in total. The summed E-state index contributed by atoms with van der Waals surface area (Å²) >= 11 is 0. The molecule has 13 nitrogen and oxygen atoms in total. The molecule has 1 heterocycles. The number of benzene rings is 5. The summed E-state index contributed by atoms with van der Waals surface area (Å²) in [5.74, 6) is -1.17. The Balaban J connectivity index is 1.09. The van der Waals surface area contributed by atoms with Crippen molar-refractivity contribution in [1.82, 2.24) is 16.0 Å². The zero-order chi connectivity index (χ0) is 41.6. The maximum Gasteiger partial charge on any atom is 0.407 e. The Kier molecular flexibility index (Phi) is 12.2. The molecular weight excluding hydrogens is 751 g/mol. The van der Waals surface area contributed by atoms with Crippen molar-refractivity contribution >= 4 is 51.9 Å². The Bertz CT molecular complexity index is 2370. The Hall–Kier alpha value is -6.73. The Morgan fingerprint density at radius 1 is 0.847 bits per heavy atom. The van der Waals surface area contributed by atoms with E-state index in [0.29, 0.717) is 34.7 Å². The second kappa shape index (κ2) is 17.8. The highest BCUT2D eigenvalue weighted by molar-refractivity contribution is 6.08. The number of alkyl carbamates (subject to hydrolysis) is 1. The van der Waals surface area contributed by atoms with Crippen molar-refractivity contribution in [3.63, 3.8) is 0 Å². The van der Waals surface area contributed by atoms with Crippen molar-refractivity contribution in [2.24, 2.45) is 0 Å². The third kappa shape index (κ3) is 8.33. The molecule has 1 aliphatic carbocycles. The summed E-state index contributed by atoms with van der Waals surface area (Å²) in [6, 6.07) is 30.4. The van der Waals surface area contributed by atoms with E-state index in [1.54, 1.807) is 67.4 Å². The minimum atomic E-state index is -1.11. The van der Waals surface area contributed by atoms with E-state index in [0.717, 1.165) is 33.0 Å². The van der Waals surface area contributed by atoms with Gasteiger partial charge in [-0.05, 0) is 83.8 Å². The molecule has 5 aromatic rings. The molecule has 5 aromatic carbocycles. The topological polar surface area (TPSA) is 156 Å². The van der Waals surface area contributed by atoms with Gasteiger partial charge in [0, 0.05) is 24.4 Å². The molecule has 0 radical (unpaired) electrons. The summed E-state index contributed by atoms with van der Waals surface area (Å²) in [5, 5.41) is 10.0. The van der Waals surface area contributed by atoms with Crippen molar-refractivity contribution in [2.45, 2.75) is 44.3 Å². The molecule has 2 unspecified atom stereocenters. The normalized spacial score (nSPS) is 15.1. The zero-order valence-corrected chi connectivity index (χ0v) is 33.5. The van der Waals surface area contributed by atoms with Gasteiger partial charge in [-0.1, -0.05) is 72.8 Å². The van der Waals surface area contributed by atoms with E-state index >= 15 is 0 Å². The number of ether oxygens (including phenoxy) is 3. The van der Waals surface area contributed by atoms with Gasteiger partial charge in [0.2, 0.25) is 11.8 Å². The Morgan fingerprint density at radius 3 is 2.20 bits per heavy atom. The van der Waals surface area contributed by atoms with Crippen LogP contribution in [0, 0.1) is 0 Å². The first kappa shape index (κ1) is 40.5. The average molecular weight is 798 g/mol. The van der Waals surface area contributed by atoms with Gasteiger partial charge in [-0.2, -0.15) is 0 Å². The molecule has 59 heavy (non-hydrogen) atoms. The fraction of sp³-hybridized carbons (Fsp3) is 0.283. The number of para-hydroxylation sites is 2. The molecule has 7 rings (SSSR count). The van der Waals surface area contributed by atoms with Crippen molar-refractivity contribution < 1.29 is 38.2 Å². The van der Waals surface area contributed by atoms with Crippen LogP contribution in [0.4, 0.5) is 16.2 Å². The second-order valence-corrected chi connectivity index (χ2v) is 14.5. The lowest BCUT2D eigenvalue weighted by atomic mass is 9.98. The number of hydrogen-bond donors (Lipinski definition) is 3. The van der Waals surface area contributed by atoms with E-state index in [1.165, 1.54) is 19.1 Å². The first-order chi connectivity index (χ1) is 28.6. The first-order valence-corrected chi connectivity index (χ1v) is 19.6. The van der Waals surface area contributed by atoms with Crippen molar-refractivity contribution in [1.29, 1.82) is 0 Å². The van der Waals surface area contributed by atoms with E-state index in [-0.39, 0.29) is 44.5 Å². The fourth-order valence-electron chi connectivity index (χ4n) is 7.87. The minimum absolute atomic E-state index is 0.0218. The lowest BCUT2D eigenvalue weighted by Gasteiger charge is -2.27. The third-order valence-corrected chi connectivity index (χ3v) is 11.1. The molecule has 2 atom stereocenters. The van der Waals surface area contributed by atoms with Crippen LogP contribution in [0.3, 0.4) is 0 Å². The summed E-state index contributed by atoms with van der Waals surface area (Å²) in [6.07, 6.45) is -0.236. The maximum absolute atomic E-state index is 14.7. The Labute approximate surface area is 342 Å². The smallest absolute Gasteiger partial charge is 0.407 e. The lowest BCUT2D eigenvalue weighted by molar-refractivity contribution is -0.128. The number of carbonyl (C=O) groups is 5. The number of methoxy groups -OCH3 is 2. The fourth-order valence-corrected chi connectivity index (χ4v) is 7.87. The molecule has 0 aromatic heterocycles. The largest absolute Gasteiger partial charge is 0.496 e. The average Bonchev–Trinajstić information content (AvgIpc) is 3.53. The number of fused-ring (bicyclic) bond motifs is 5. The SMILES string of the molecule is CNC(C)C(=O)NC1CN(C(=O)CCCNC(=O)OCC2c3ccccc3-c3ccccc32)c2ccccc2N(Cc2c(OC)ccc3cc(C(=O)OC)ccc23)C1=O. The number of amides is 4. The number of esters is 1. The van der Waals surface area contributed by atoms with Gasteiger partial charge in [0.15, 0.2) is 0 Å². The van der Waals surface area contributed by atoms with Gasteiger partial charge in [-0.15, -0.1) is 0 Å². The quantitative estimate of drug-likeness (QED) is 0.0972. The lowest BCUT2D eigenvalue weighted by Crippen LogP contribution is -2.55. The molecular formula is C46H47N5O8. The molecule has 13 heteroatoms. The molecule has 304 valence electrons. The molecule has 0 bridgehead atoms. The van der Waals surface area contributed by atoms with Crippen LogP contribution in [-0.4, -0.2) is 82.8 Å². The number of likely N-dealkylation sites (N-methyl/N-ethyl adjacent to an activating group) is 1. The molecule has 0 fully saturated rings. The highest BCUT2D eigenvalue weighted by atomic mass is 16.5. The number of anilines is 2. The molecule has 4 amide bonds. The van der Waals surface area contributed by atoms with Crippen LogP contribution in [0.25, 0.3) is 21.9 Å². The van der Waals surface area contributed by atoms with Gasteiger partial charge in [0.05, 0.1) is 50.3 Å². The van der Waals surface area contributed by atoms with E-state index in [2.05, 4.69) is 40.2 Å². The molecule has 2 aliphatic rings. The number of hydrogen-bond acceptors (Lipinski definition) is 9. The van der Waals surface area contributed by atoms with Crippen LogP contribution >= 0.6 is 0 Å². The highest BCUT2D eigenvalue weighted by Gasteiger charge is 2.38. The minimum Gasteiger partial charge on any atom is -0.496 e. The number of carbonyl (C=O) groups excluding carboxylic acids is 5. The van der Waals surface area contributed by atoms with Gasteiger partial charge in [-0.3, -0.25) is 14.4 Å². The van der Waals surface area contributed by atoms with Crippen molar-refractivity contribution in [2.75, 3.05) is 50.8 Å². The van der Waals surface area contributed by atoms with E-state index in [1.807, 2.05) is 30.3 Å². The summed E-state index contributed by atoms with van der Waals surface area (Å²) in [6.45, 7) is 1.93. The zero-order valence-electron chi connectivity index (χ0n) is 33.5. The predicted molar refractivity (Wildman–Crippen MR) is 225 cm³/mol. The van der Waals surface area contributed by atoms with Gasteiger partial charge in [0.25, 0.3) is 5.91 Å². The predicted octanol–water partition coefficient (Wildman–Crippen LogP) is 5.93. The maximum atomic E-state index is 14.7. The van der Waals surface area contributed by atoms with Crippen LogP contribution in [0.5, 0.6) is 5.75 Å². The monoisotopic (exact) mass is 797 g/mol. The van der Waals surface area contributed by atoms with Crippen LogP contribution in [0.15, 0.2) is 103 Å². The third-order valence-electron chi connectivity index (χ3n) is 11.1. The number of nitrogens with zero attached hydrogens (tertiary/aromatic N) is 2. The summed E-state index contributed by atoms with van der Waals surface area (Å²) in [7, 11) is 4.50. The molecule has 0 saturated heterocycles. The van der Waals surface area contributed by atoms with E-state index < -0.39 is 36.0 Å². The van der Waals surface area contributed by atoms with E-state index in [4.69, 9.17) is 14.2 Å². The molecule has 1 aliphatic heterocycles. The van der Waals surface area contributed by atoms with Crippen LogP contribution < -0.4 is 30.5 Å². The van der Waals surface area contributed by atoms with Crippen molar-refractivity contribution in [3.05, 3.63) is 125 Å². The number of nitrogens with one attached hydrogen (secondary N) is 3. The number of rotatable bonds is 13. The van der Waals surface area contributed by atoms with Gasteiger partial charge < -0.3 is 40.0 Å². The summed E-state index contributed by atoms with van der Waals surface area (Å²) in [5.41, 5.74) is 6.49. The Morgan fingerprint density at radius 2 is 1.53 bits per heavy atom. The molecule has 0 spiro atoms. The van der Waals surface area contributed by atoms with Crippen molar-refractivity contribution in [3.8, 4) is 16.9 Å². The summed E-state index contributed by atoms with van der Waals surface area (Å²) < 4.78 is 16.4. The standard InChI is InChI=1S/C46H47N5O8/c1-28(47-2)43(53)49-38-26-50(42(52)18-11-23-48-46(56)59-27-37-34-14-7-5-12-32(34)33-13-6-8-15-35(33)37)39-16-9-10-17-40(39)51(44(38)54)25-36-31-21-19-30(45(55)58-4)24-29(31)20-22-41(36)57-3/h5-10,12-17,19-22,24,28,37-38,47H,11,18,23,25-27H2,1-4H3,(H,48,56)(H,49,53). The van der Waals surface area contributed by atoms with Gasteiger partial charge in [-0.25, -0.2) is 9.59 Å². The van der Waals surface area contributed by atoms with Gasteiger partial charge >= 0.3 is 12.1 Å². The summed E-state index contributed by atoms with van der Waals surface area (Å²) in [4.78, 5) is 70.4.